The van der Waals surface area contributed by atoms with Gasteiger partial charge in [-0.2, -0.15) is 0 Å². The van der Waals surface area contributed by atoms with Gasteiger partial charge < -0.3 is 5.32 Å². The van der Waals surface area contributed by atoms with Crippen molar-refractivity contribution >= 4 is 27.3 Å². The molecule has 0 fully saturated rings. The van der Waals surface area contributed by atoms with Crippen LogP contribution in [0, 0.1) is 0 Å². The quantitative estimate of drug-likeness (QED) is 0.636. The predicted octanol–water partition coefficient (Wildman–Crippen LogP) is 5.86. The SMILES string of the molecule is Brc1ccccc1Nc1cccc(-c2ccccc2)c1. The summed E-state index contributed by atoms with van der Waals surface area (Å²) in [4.78, 5) is 0. The fraction of sp³-hybridized carbons (Fsp3) is 0. The molecule has 0 spiro atoms. The number of hydrogen-bond acceptors (Lipinski definition) is 1. The van der Waals surface area contributed by atoms with E-state index in [0.29, 0.717) is 0 Å². The smallest absolute Gasteiger partial charge is 0.0528 e. The Morgan fingerprint density at radius 2 is 1.35 bits per heavy atom. The van der Waals surface area contributed by atoms with E-state index in [9.17, 15) is 0 Å². The number of halogens is 1. The van der Waals surface area contributed by atoms with E-state index in [1.54, 1.807) is 0 Å². The second-order valence-corrected chi connectivity index (χ2v) is 5.41. The average molecular weight is 324 g/mol. The Hall–Kier alpha value is -2.06. The van der Waals surface area contributed by atoms with Gasteiger partial charge in [-0.15, -0.1) is 0 Å². The summed E-state index contributed by atoms with van der Waals surface area (Å²) in [6.07, 6.45) is 0. The number of anilines is 2. The predicted molar refractivity (Wildman–Crippen MR) is 89.3 cm³/mol. The van der Waals surface area contributed by atoms with E-state index >= 15 is 0 Å². The number of rotatable bonds is 3. The maximum Gasteiger partial charge on any atom is 0.0528 e. The first-order chi connectivity index (χ1) is 9.83. The molecule has 3 aromatic rings. The van der Waals surface area contributed by atoms with E-state index in [1.165, 1.54) is 11.1 Å². The summed E-state index contributed by atoms with van der Waals surface area (Å²) in [6, 6.07) is 26.9. The molecular weight excluding hydrogens is 310 g/mol. The fourth-order valence-corrected chi connectivity index (χ4v) is 2.51. The lowest BCUT2D eigenvalue weighted by molar-refractivity contribution is 1.52. The van der Waals surface area contributed by atoms with Gasteiger partial charge in [-0.1, -0.05) is 54.6 Å². The van der Waals surface area contributed by atoms with Crippen molar-refractivity contribution in [3.05, 3.63) is 83.3 Å². The first-order valence-corrected chi connectivity index (χ1v) is 7.29. The summed E-state index contributed by atoms with van der Waals surface area (Å²) >= 11 is 3.55. The summed E-state index contributed by atoms with van der Waals surface area (Å²) in [7, 11) is 0. The van der Waals surface area contributed by atoms with Crippen LogP contribution in [0.1, 0.15) is 0 Å². The molecule has 0 unspecified atom stereocenters. The highest BCUT2D eigenvalue weighted by Gasteiger charge is 2.01. The standard InChI is InChI=1S/C18H14BrN/c19-17-11-4-5-12-18(17)20-16-10-6-9-15(13-16)14-7-2-1-3-8-14/h1-13,20H. The molecule has 3 aromatic carbocycles. The van der Waals surface area contributed by atoms with Gasteiger partial charge in [0.1, 0.15) is 0 Å². The second-order valence-electron chi connectivity index (χ2n) is 4.55. The van der Waals surface area contributed by atoms with Crippen LogP contribution in [0.5, 0.6) is 0 Å². The Bertz CT molecular complexity index is 707. The first kappa shape index (κ1) is 12.9. The van der Waals surface area contributed by atoms with Crippen molar-refractivity contribution in [3.8, 4) is 11.1 Å². The van der Waals surface area contributed by atoms with Crippen LogP contribution >= 0.6 is 15.9 Å². The molecular formula is C18H14BrN. The zero-order chi connectivity index (χ0) is 13.8. The molecule has 1 N–H and O–H groups in total. The van der Waals surface area contributed by atoms with Gasteiger partial charge in [0.15, 0.2) is 0 Å². The zero-order valence-corrected chi connectivity index (χ0v) is 12.5. The number of nitrogens with one attached hydrogen (secondary N) is 1. The van der Waals surface area contributed by atoms with E-state index in [-0.39, 0.29) is 0 Å². The van der Waals surface area contributed by atoms with Gasteiger partial charge in [-0.3, -0.25) is 0 Å². The van der Waals surface area contributed by atoms with Crippen LogP contribution < -0.4 is 5.32 Å². The van der Waals surface area contributed by atoms with Crippen molar-refractivity contribution in [1.82, 2.24) is 0 Å². The zero-order valence-electron chi connectivity index (χ0n) is 10.9. The lowest BCUT2D eigenvalue weighted by Crippen LogP contribution is -1.91. The van der Waals surface area contributed by atoms with E-state index in [4.69, 9.17) is 0 Å². The van der Waals surface area contributed by atoms with Crippen LogP contribution in [0.15, 0.2) is 83.3 Å². The Labute approximate surface area is 127 Å². The maximum atomic E-state index is 3.55. The molecule has 0 saturated carbocycles. The Morgan fingerprint density at radius 1 is 0.650 bits per heavy atom. The number of para-hydroxylation sites is 1. The summed E-state index contributed by atoms with van der Waals surface area (Å²) in [5, 5.41) is 3.44. The van der Waals surface area contributed by atoms with Crippen LogP contribution in [0.25, 0.3) is 11.1 Å². The topological polar surface area (TPSA) is 12.0 Å². The molecule has 3 rings (SSSR count). The normalized spacial score (nSPS) is 10.2. The van der Waals surface area contributed by atoms with Crippen LogP contribution in [0.2, 0.25) is 0 Å². The Balaban J connectivity index is 1.91. The molecule has 0 saturated heterocycles. The lowest BCUT2D eigenvalue weighted by atomic mass is 10.1. The average Bonchev–Trinajstić information content (AvgIpc) is 2.51. The van der Waals surface area contributed by atoms with Gasteiger partial charge in [0.2, 0.25) is 0 Å². The van der Waals surface area contributed by atoms with Gasteiger partial charge in [0.05, 0.1) is 5.69 Å². The molecule has 20 heavy (non-hydrogen) atoms. The molecule has 0 aliphatic heterocycles. The van der Waals surface area contributed by atoms with E-state index in [2.05, 4.69) is 75.8 Å². The van der Waals surface area contributed by atoms with E-state index in [0.717, 1.165) is 15.8 Å². The second kappa shape index (κ2) is 5.93. The molecule has 1 nitrogen and oxygen atoms in total. The van der Waals surface area contributed by atoms with Crippen LogP contribution in [-0.4, -0.2) is 0 Å². The molecule has 0 aliphatic rings. The lowest BCUT2D eigenvalue weighted by Gasteiger charge is -2.10. The Morgan fingerprint density at radius 3 is 2.15 bits per heavy atom. The molecule has 0 aromatic heterocycles. The van der Waals surface area contributed by atoms with Crippen molar-refractivity contribution in [3.63, 3.8) is 0 Å². The minimum atomic E-state index is 1.06. The molecule has 0 heterocycles. The highest BCUT2D eigenvalue weighted by atomic mass is 79.9. The fourth-order valence-electron chi connectivity index (χ4n) is 2.13. The number of hydrogen-bond donors (Lipinski definition) is 1. The third-order valence-electron chi connectivity index (χ3n) is 3.12. The highest BCUT2D eigenvalue weighted by molar-refractivity contribution is 9.10. The van der Waals surface area contributed by atoms with Gasteiger partial charge in [-0.25, -0.2) is 0 Å². The molecule has 98 valence electrons. The molecule has 0 atom stereocenters. The minimum Gasteiger partial charge on any atom is -0.355 e. The van der Waals surface area contributed by atoms with Gasteiger partial charge >= 0.3 is 0 Å². The van der Waals surface area contributed by atoms with Gasteiger partial charge in [0, 0.05) is 10.2 Å². The first-order valence-electron chi connectivity index (χ1n) is 6.50. The molecule has 0 aliphatic carbocycles. The molecule has 0 radical (unpaired) electrons. The summed E-state index contributed by atoms with van der Waals surface area (Å²) < 4.78 is 1.06. The monoisotopic (exact) mass is 323 g/mol. The van der Waals surface area contributed by atoms with E-state index in [1.807, 2.05) is 24.3 Å². The van der Waals surface area contributed by atoms with Gasteiger partial charge in [0.25, 0.3) is 0 Å². The summed E-state index contributed by atoms with van der Waals surface area (Å²) in [5.74, 6) is 0. The van der Waals surface area contributed by atoms with Crippen LogP contribution in [-0.2, 0) is 0 Å². The third kappa shape index (κ3) is 2.91. The van der Waals surface area contributed by atoms with Crippen molar-refractivity contribution < 1.29 is 0 Å². The summed E-state index contributed by atoms with van der Waals surface area (Å²) in [6.45, 7) is 0. The Kier molecular flexibility index (Phi) is 3.84. The van der Waals surface area contributed by atoms with Crippen LogP contribution in [0.4, 0.5) is 11.4 Å². The molecule has 2 heteroatoms. The van der Waals surface area contributed by atoms with Crippen molar-refractivity contribution in [1.29, 1.82) is 0 Å². The summed E-state index contributed by atoms with van der Waals surface area (Å²) in [5.41, 5.74) is 4.59. The van der Waals surface area contributed by atoms with Gasteiger partial charge in [-0.05, 0) is 51.3 Å². The van der Waals surface area contributed by atoms with Crippen molar-refractivity contribution in [2.45, 2.75) is 0 Å². The van der Waals surface area contributed by atoms with E-state index < -0.39 is 0 Å². The van der Waals surface area contributed by atoms with Crippen molar-refractivity contribution in [2.24, 2.45) is 0 Å². The molecule has 0 bridgehead atoms. The molecule has 0 amide bonds. The highest BCUT2D eigenvalue weighted by Crippen LogP contribution is 2.28. The largest absolute Gasteiger partial charge is 0.355 e. The maximum absolute atomic E-state index is 3.55. The third-order valence-corrected chi connectivity index (χ3v) is 3.81. The minimum absolute atomic E-state index is 1.06. The van der Waals surface area contributed by atoms with Crippen molar-refractivity contribution in [2.75, 3.05) is 5.32 Å². The van der Waals surface area contributed by atoms with Crippen LogP contribution in [0.3, 0.4) is 0 Å². The number of benzene rings is 3.